The van der Waals surface area contributed by atoms with E-state index in [2.05, 4.69) is 25.4 Å². The Morgan fingerprint density at radius 1 is 1.06 bits per heavy atom. The summed E-state index contributed by atoms with van der Waals surface area (Å²) in [5.74, 6) is 2.32. The van der Waals surface area contributed by atoms with Crippen molar-refractivity contribution in [2.45, 2.75) is 25.8 Å². The molecule has 10 nitrogen and oxygen atoms in total. The van der Waals surface area contributed by atoms with Crippen LogP contribution in [0.1, 0.15) is 18.5 Å². The molecule has 1 aliphatic heterocycles. The fraction of sp³-hybridized carbons (Fsp3) is 0.320. The maximum absolute atomic E-state index is 6.12. The van der Waals surface area contributed by atoms with Gasteiger partial charge in [0.15, 0.2) is 0 Å². The minimum absolute atomic E-state index is 0.294. The Labute approximate surface area is 203 Å². The van der Waals surface area contributed by atoms with Crippen molar-refractivity contribution < 1.29 is 14.2 Å². The fourth-order valence-electron chi connectivity index (χ4n) is 3.91. The molecule has 0 aromatic carbocycles. The summed E-state index contributed by atoms with van der Waals surface area (Å²) in [7, 11) is 3.47. The molecule has 5 rings (SSSR count). The van der Waals surface area contributed by atoms with Crippen LogP contribution in [0, 0.1) is 6.92 Å². The third-order valence-electron chi connectivity index (χ3n) is 5.77. The minimum Gasteiger partial charge on any atom is -0.480 e. The number of pyridine rings is 2. The first kappa shape index (κ1) is 22.7. The SMILES string of the molecule is COc1nc(NC2CCOCC2)ncc1-c1ccc(Oc2ccnc(-c3cnn(C)c3)c2)c(C)n1. The molecule has 4 aromatic rings. The molecule has 1 fully saturated rings. The maximum Gasteiger partial charge on any atom is 0.227 e. The van der Waals surface area contributed by atoms with E-state index in [9.17, 15) is 0 Å². The summed E-state index contributed by atoms with van der Waals surface area (Å²) < 4.78 is 18.8. The second-order valence-electron chi connectivity index (χ2n) is 8.31. The lowest BCUT2D eigenvalue weighted by molar-refractivity contribution is 0.0903. The van der Waals surface area contributed by atoms with Crippen molar-refractivity contribution >= 4 is 5.95 Å². The zero-order valence-corrected chi connectivity index (χ0v) is 19.9. The lowest BCUT2D eigenvalue weighted by Crippen LogP contribution is -2.28. The quantitative estimate of drug-likeness (QED) is 0.425. The van der Waals surface area contributed by atoms with Gasteiger partial charge in [0.2, 0.25) is 11.8 Å². The van der Waals surface area contributed by atoms with E-state index >= 15 is 0 Å². The maximum atomic E-state index is 6.12. The summed E-state index contributed by atoms with van der Waals surface area (Å²) in [6.07, 6.45) is 8.99. The van der Waals surface area contributed by atoms with Gasteiger partial charge in [0.25, 0.3) is 0 Å². The fourth-order valence-corrected chi connectivity index (χ4v) is 3.91. The average molecular weight is 474 g/mol. The van der Waals surface area contributed by atoms with Crippen LogP contribution in [0.2, 0.25) is 0 Å². The third-order valence-corrected chi connectivity index (χ3v) is 5.77. The topological polar surface area (TPSA) is 109 Å². The molecule has 1 N–H and O–H groups in total. The lowest BCUT2D eigenvalue weighted by Gasteiger charge is -2.23. The molecule has 0 saturated carbocycles. The predicted molar refractivity (Wildman–Crippen MR) is 131 cm³/mol. The van der Waals surface area contributed by atoms with Crippen molar-refractivity contribution in [1.29, 1.82) is 0 Å². The minimum atomic E-state index is 0.294. The van der Waals surface area contributed by atoms with Crippen LogP contribution < -0.4 is 14.8 Å². The van der Waals surface area contributed by atoms with Gasteiger partial charge in [0.1, 0.15) is 11.5 Å². The van der Waals surface area contributed by atoms with Gasteiger partial charge in [-0.25, -0.2) is 9.97 Å². The Morgan fingerprint density at radius 3 is 2.66 bits per heavy atom. The van der Waals surface area contributed by atoms with E-state index in [0.717, 1.165) is 43.0 Å². The van der Waals surface area contributed by atoms with Crippen LogP contribution in [-0.4, -0.2) is 56.1 Å². The Bertz CT molecular complexity index is 1320. The molecule has 1 aliphatic rings. The molecule has 0 spiro atoms. The van der Waals surface area contributed by atoms with E-state index in [1.165, 1.54) is 0 Å². The molecule has 180 valence electrons. The number of ether oxygens (including phenoxy) is 3. The molecule has 1 saturated heterocycles. The molecule has 35 heavy (non-hydrogen) atoms. The molecule has 4 aromatic heterocycles. The second-order valence-corrected chi connectivity index (χ2v) is 8.31. The number of methoxy groups -OCH3 is 1. The summed E-state index contributed by atoms with van der Waals surface area (Å²) in [6.45, 7) is 3.39. The highest BCUT2D eigenvalue weighted by atomic mass is 16.5. The van der Waals surface area contributed by atoms with Crippen molar-refractivity contribution in [2.24, 2.45) is 7.05 Å². The molecule has 10 heteroatoms. The van der Waals surface area contributed by atoms with Gasteiger partial charge in [0.05, 0.1) is 36.0 Å². The highest BCUT2D eigenvalue weighted by Crippen LogP contribution is 2.32. The van der Waals surface area contributed by atoms with Crippen molar-refractivity contribution in [3.8, 4) is 39.9 Å². The zero-order valence-electron chi connectivity index (χ0n) is 19.9. The lowest BCUT2D eigenvalue weighted by atomic mass is 10.1. The highest BCUT2D eigenvalue weighted by molar-refractivity contribution is 5.66. The summed E-state index contributed by atoms with van der Waals surface area (Å²) in [6, 6.07) is 7.75. The van der Waals surface area contributed by atoms with Crippen molar-refractivity contribution in [2.75, 3.05) is 25.6 Å². The third kappa shape index (κ3) is 5.22. The summed E-state index contributed by atoms with van der Waals surface area (Å²) in [4.78, 5) is 18.2. The second kappa shape index (κ2) is 10.1. The number of nitrogens with zero attached hydrogens (tertiary/aromatic N) is 6. The molecule has 0 bridgehead atoms. The number of hydrogen-bond donors (Lipinski definition) is 1. The van der Waals surface area contributed by atoms with Crippen LogP contribution in [0.4, 0.5) is 5.95 Å². The zero-order chi connectivity index (χ0) is 24.2. The van der Waals surface area contributed by atoms with Crippen LogP contribution >= 0.6 is 0 Å². The number of aromatic nitrogens is 6. The van der Waals surface area contributed by atoms with E-state index in [0.29, 0.717) is 40.6 Å². The standard InChI is InChI=1S/C25H27N7O3/c1-16-23(35-19-6-9-26-22(12-19)17-13-28-32(2)15-17)5-4-21(29-16)20-14-27-25(31-24(20)33-3)30-18-7-10-34-11-8-18/h4-6,9,12-15,18H,7-8,10-11H2,1-3H3,(H,27,30,31). The first-order valence-corrected chi connectivity index (χ1v) is 11.5. The van der Waals surface area contributed by atoms with E-state index < -0.39 is 0 Å². The van der Waals surface area contributed by atoms with Gasteiger partial charge in [-0.1, -0.05) is 0 Å². The number of aryl methyl sites for hydroxylation is 2. The van der Waals surface area contributed by atoms with Gasteiger partial charge in [-0.05, 0) is 38.0 Å². The van der Waals surface area contributed by atoms with E-state index in [1.54, 1.807) is 30.4 Å². The van der Waals surface area contributed by atoms with Gasteiger partial charge in [-0.15, -0.1) is 0 Å². The molecule has 0 atom stereocenters. The van der Waals surface area contributed by atoms with Crippen LogP contribution in [0.3, 0.4) is 0 Å². The smallest absolute Gasteiger partial charge is 0.227 e. The van der Waals surface area contributed by atoms with Gasteiger partial charge < -0.3 is 19.5 Å². The highest BCUT2D eigenvalue weighted by Gasteiger charge is 2.17. The summed E-state index contributed by atoms with van der Waals surface area (Å²) in [5.41, 5.74) is 3.85. The van der Waals surface area contributed by atoms with Crippen molar-refractivity contribution in [1.82, 2.24) is 29.7 Å². The number of hydrogen-bond acceptors (Lipinski definition) is 9. The Kier molecular flexibility index (Phi) is 6.53. The molecule has 0 aliphatic carbocycles. The molecule has 0 unspecified atom stereocenters. The Balaban J connectivity index is 1.34. The first-order chi connectivity index (χ1) is 17.1. The Hall–Kier alpha value is -4.05. The number of nitrogens with one attached hydrogen (secondary N) is 1. The van der Waals surface area contributed by atoms with Crippen LogP contribution in [-0.2, 0) is 11.8 Å². The largest absolute Gasteiger partial charge is 0.480 e. The molecular formula is C25H27N7O3. The van der Waals surface area contributed by atoms with Crippen LogP contribution in [0.25, 0.3) is 22.5 Å². The first-order valence-electron chi connectivity index (χ1n) is 11.5. The summed E-state index contributed by atoms with van der Waals surface area (Å²) in [5, 5.41) is 7.57. The van der Waals surface area contributed by atoms with Crippen molar-refractivity contribution in [3.05, 3.63) is 54.7 Å². The van der Waals surface area contributed by atoms with Crippen LogP contribution in [0.15, 0.2) is 49.1 Å². The van der Waals surface area contributed by atoms with Crippen LogP contribution in [0.5, 0.6) is 17.4 Å². The van der Waals surface area contributed by atoms with E-state index in [-0.39, 0.29) is 0 Å². The number of anilines is 1. The molecular weight excluding hydrogens is 446 g/mol. The normalized spacial score (nSPS) is 14.0. The number of rotatable bonds is 7. The van der Waals surface area contributed by atoms with Gasteiger partial charge in [0, 0.05) is 56.5 Å². The van der Waals surface area contributed by atoms with Gasteiger partial charge in [-0.2, -0.15) is 10.1 Å². The Morgan fingerprint density at radius 2 is 1.91 bits per heavy atom. The van der Waals surface area contributed by atoms with Crippen molar-refractivity contribution in [3.63, 3.8) is 0 Å². The average Bonchev–Trinajstić information content (AvgIpc) is 3.32. The summed E-state index contributed by atoms with van der Waals surface area (Å²) >= 11 is 0. The molecule has 5 heterocycles. The monoisotopic (exact) mass is 473 g/mol. The van der Waals surface area contributed by atoms with Gasteiger partial charge in [-0.3, -0.25) is 9.67 Å². The predicted octanol–water partition coefficient (Wildman–Crippen LogP) is 4.03. The van der Waals surface area contributed by atoms with Gasteiger partial charge >= 0.3 is 0 Å². The molecule has 0 radical (unpaired) electrons. The van der Waals surface area contributed by atoms with E-state index in [1.807, 2.05) is 44.4 Å². The van der Waals surface area contributed by atoms with E-state index in [4.69, 9.17) is 19.2 Å². The molecule has 0 amide bonds.